The molecule has 0 saturated heterocycles. The first-order chi connectivity index (χ1) is 14.7. The van der Waals surface area contributed by atoms with Gasteiger partial charge in [0.25, 0.3) is 0 Å². The Bertz CT molecular complexity index is 935. The summed E-state index contributed by atoms with van der Waals surface area (Å²) in [6.07, 6.45) is 7.29. The monoisotopic (exact) mass is 408 g/mol. The fourth-order valence-electron chi connectivity index (χ4n) is 3.21. The molecule has 0 atom stereocenters. The predicted octanol–water partition coefficient (Wildman–Crippen LogP) is 4.88. The number of hydroxylamine groups is 1. The second kappa shape index (κ2) is 11.0. The van der Waals surface area contributed by atoms with Crippen molar-refractivity contribution < 1.29 is 14.4 Å². The molecule has 0 fully saturated rings. The lowest BCUT2D eigenvalue weighted by atomic mass is 10.1. The van der Waals surface area contributed by atoms with Crippen molar-refractivity contribution in [1.82, 2.24) is 15.4 Å². The van der Waals surface area contributed by atoms with Gasteiger partial charge < -0.3 is 4.90 Å². The minimum atomic E-state index is -0.355. The van der Waals surface area contributed by atoms with Crippen molar-refractivity contribution in [2.24, 2.45) is 0 Å². The Hall–Kier alpha value is -3.32. The van der Waals surface area contributed by atoms with Gasteiger partial charge >= 0.3 is 0 Å². The van der Waals surface area contributed by atoms with Gasteiger partial charge in [0.2, 0.25) is 5.91 Å². The number of anilines is 2. The number of hydrogen-bond donors (Lipinski definition) is 2. The number of carbonyl (C=O) groups excluding carboxylic acids is 1. The summed E-state index contributed by atoms with van der Waals surface area (Å²) >= 11 is 0. The quantitative estimate of drug-likeness (QED) is 0.284. The fourth-order valence-corrected chi connectivity index (χ4v) is 3.21. The van der Waals surface area contributed by atoms with Crippen LogP contribution in [-0.4, -0.2) is 27.6 Å². The zero-order valence-electron chi connectivity index (χ0n) is 16.7. The van der Waals surface area contributed by atoms with Crippen LogP contribution in [0.4, 0.5) is 16.0 Å². The molecule has 3 aromatic rings. The number of nitrogens with zero attached hydrogens (tertiary/aromatic N) is 3. The van der Waals surface area contributed by atoms with Crippen LogP contribution in [-0.2, 0) is 4.79 Å². The second-order valence-electron chi connectivity index (χ2n) is 6.95. The van der Waals surface area contributed by atoms with Crippen molar-refractivity contribution in [2.75, 3.05) is 11.4 Å². The first-order valence-electron chi connectivity index (χ1n) is 10.0. The van der Waals surface area contributed by atoms with Crippen LogP contribution in [0, 0.1) is 5.82 Å². The first-order valence-corrected chi connectivity index (χ1v) is 10.0. The van der Waals surface area contributed by atoms with Gasteiger partial charge in [-0.1, -0.05) is 31.0 Å². The van der Waals surface area contributed by atoms with Gasteiger partial charge in [0.05, 0.1) is 0 Å². The predicted molar refractivity (Wildman–Crippen MR) is 114 cm³/mol. The van der Waals surface area contributed by atoms with Gasteiger partial charge in [0.15, 0.2) is 0 Å². The van der Waals surface area contributed by atoms with Gasteiger partial charge in [0.1, 0.15) is 17.5 Å². The number of pyridine rings is 2. The Morgan fingerprint density at radius 2 is 1.67 bits per heavy atom. The topological polar surface area (TPSA) is 78.4 Å². The lowest BCUT2D eigenvalue weighted by Gasteiger charge is -2.23. The lowest BCUT2D eigenvalue weighted by Crippen LogP contribution is -2.21. The average molecular weight is 408 g/mol. The van der Waals surface area contributed by atoms with Crippen LogP contribution in [0.2, 0.25) is 0 Å². The maximum atomic E-state index is 13.3. The number of amides is 1. The molecule has 0 spiro atoms. The van der Waals surface area contributed by atoms with E-state index in [1.54, 1.807) is 30.0 Å². The van der Waals surface area contributed by atoms with Crippen LogP contribution in [0.5, 0.6) is 0 Å². The molecule has 0 saturated carbocycles. The van der Waals surface area contributed by atoms with E-state index >= 15 is 0 Å². The van der Waals surface area contributed by atoms with Crippen LogP contribution in [0.15, 0.2) is 67.0 Å². The third-order valence-electron chi connectivity index (χ3n) is 4.79. The van der Waals surface area contributed by atoms with Crippen molar-refractivity contribution in [3.8, 4) is 11.1 Å². The summed E-state index contributed by atoms with van der Waals surface area (Å²) in [7, 11) is 0. The number of benzene rings is 1. The molecule has 0 unspecified atom stereocenters. The summed E-state index contributed by atoms with van der Waals surface area (Å²) in [5, 5.41) is 8.54. The number of carbonyl (C=O) groups is 1. The molecule has 3 rings (SSSR count). The van der Waals surface area contributed by atoms with E-state index in [1.165, 1.54) is 12.1 Å². The van der Waals surface area contributed by atoms with E-state index in [2.05, 4.69) is 14.9 Å². The zero-order chi connectivity index (χ0) is 21.2. The molecule has 0 aliphatic heterocycles. The summed E-state index contributed by atoms with van der Waals surface area (Å²) < 4.78 is 13.3. The smallest absolute Gasteiger partial charge is 0.243 e. The van der Waals surface area contributed by atoms with Crippen LogP contribution in [0.3, 0.4) is 0 Å². The molecule has 2 aromatic heterocycles. The molecule has 0 radical (unpaired) electrons. The normalized spacial score (nSPS) is 10.6. The second-order valence-corrected chi connectivity index (χ2v) is 6.95. The molecule has 0 aliphatic carbocycles. The van der Waals surface area contributed by atoms with E-state index in [9.17, 15) is 9.18 Å². The van der Waals surface area contributed by atoms with Crippen molar-refractivity contribution in [3.63, 3.8) is 0 Å². The van der Waals surface area contributed by atoms with Crippen molar-refractivity contribution in [2.45, 2.75) is 32.1 Å². The van der Waals surface area contributed by atoms with Gasteiger partial charge in [-0.05, 0) is 60.4 Å². The van der Waals surface area contributed by atoms with E-state index in [4.69, 9.17) is 5.21 Å². The van der Waals surface area contributed by atoms with Gasteiger partial charge in [-0.25, -0.2) is 19.8 Å². The Morgan fingerprint density at radius 3 is 2.40 bits per heavy atom. The summed E-state index contributed by atoms with van der Waals surface area (Å²) in [5.74, 6) is 0.961. The third kappa shape index (κ3) is 6.09. The van der Waals surface area contributed by atoms with E-state index in [-0.39, 0.29) is 11.7 Å². The van der Waals surface area contributed by atoms with Crippen LogP contribution in [0.25, 0.3) is 11.1 Å². The van der Waals surface area contributed by atoms with Crippen molar-refractivity contribution in [3.05, 3.63) is 72.8 Å². The molecule has 6 nitrogen and oxygen atoms in total. The molecule has 0 aliphatic rings. The van der Waals surface area contributed by atoms with E-state index in [0.717, 1.165) is 55.0 Å². The average Bonchev–Trinajstić information content (AvgIpc) is 2.79. The molecule has 30 heavy (non-hydrogen) atoms. The highest BCUT2D eigenvalue weighted by atomic mass is 19.1. The lowest BCUT2D eigenvalue weighted by molar-refractivity contribution is -0.129. The van der Waals surface area contributed by atoms with Gasteiger partial charge in [-0.3, -0.25) is 10.0 Å². The maximum absolute atomic E-state index is 13.3. The fraction of sp³-hybridized carbons (Fsp3) is 0.261. The van der Waals surface area contributed by atoms with Crippen molar-refractivity contribution >= 4 is 17.5 Å². The first kappa shape index (κ1) is 21.4. The summed E-state index contributed by atoms with van der Waals surface area (Å²) in [5.41, 5.74) is 3.53. The largest absolute Gasteiger partial charge is 0.311 e. The highest BCUT2D eigenvalue weighted by Gasteiger charge is 2.13. The van der Waals surface area contributed by atoms with E-state index in [1.807, 2.05) is 30.3 Å². The van der Waals surface area contributed by atoms with Gasteiger partial charge in [-0.2, -0.15) is 0 Å². The summed E-state index contributed by atoms with van der Waals surface area (Å²) in [6.45, 7) is 0.725. The Balaban J connectivity index is 1.71. The Kier molecular flexibility index (Phi) is 7.86. The molecule has 1 amide bonds. The minimum absolute atomic E-state index is 0.264. The number of unbranched alkanes of at least 4 members (excludes halogenated alkanes) is 3. The van der Waals surface area contributed by atoms with Crippen LogP contribution in [0.1, 0.15) is 32.1 Å². The highest BCUT2D eigenvalue weighted by Crippen LogP contribution is 2.27. The molecule has 2 heterocycles. The number of aromatic nitrogens is 2. The molecule has 156 valence electrons. The Morgan fingerprint density at radius 1 is 0.900 bits per heavy atom. The van der Waals surface area contributed by atoms with Gasteiger partial charge in [0, 0.05) is 25.4 Å². The van der Waals surface area contributed by atoms with E-state index < -0.39 is 0 Å². The highest BCUT2D eigenvalue weighted by molar-refractivity contribution is 5.74. The van der Waals surface area contributed by atoms with Crippen LogP contribution >= 0.6 is 0 Å². The molecule has 0 bridgehead atoms. The maximum Gasteiger partial charge on any atom is 0.243 e. The molecule has 1 aromatic carbocycles. The third-order valence-corrected chi connectivity index (χ3v) is 4.79. The van der Waals surface area contributed by atoms with Crippen molar-refractivity contribution in [1.29, 1.82) is 0 Å². The van der Waals surface area contributed by atoms with Crippen LogP contribution < -0.4 is 10.4 Å². The molecular weight excluding hydrogens is 383 g/mol. The summed E-state index contributed by atoms with van der Waals surface area (Å²) in [4.78, 5) is 22.2. The summed E-state index contributed by atoms with van der Waals surface area (Å²) in [6, 6.07) is 16.0. The molecular formula is C23H25FN4O2. The number of nitrogens with one attached hydrogen (secondary N) is 1. The van der Waals surface area contributed by atoms with Gasteiger partial charge in [-0.15, -0.1) is 0 Å². The number of hydrogen-bond acceptors (Lipinski definition) is 5. The minimum Gasteiger partial charge on any atom is -0.311 e. The number of halogens is 1. The Labute approximate surface area is 175 Å². The molecule has 2 N–H and O–H groups in total. The number of rotatable bonds is 10. The SMILES string of the molecule is O=C(CCCCCCN(c1ccccn1)c1cc(-c2ccc(F)cc2)ccn1)NO. The van der Waals surface area contributed by atoms with E-state index in [0.29, 0.717) is 6.42 Å². The molecule has 7 heteroatoms. The zero-order valence-corrected chi connectivity index (χ0v) is 16.7. The standard InChI is InChI=1S/C23H25FN4O2/c24-20-11-9-18(10-12-20)19-13-15-26-22(17-19)28(21-7-4-5-14-25-21)16-6-2-1-3-8-23(29)27-30/h4-5,7,9-15,17,30H,1-3,6,8,16H2,(H,27,29).